The predicted octanol–water partition coefficient (Wildman–Crippen LogP) is 5.75. The molecule has 0 aliphatic carbocycles. The summed E-state index contributed by atoms with van der Waals surface area (Å²) in [7, 11) is 0. The van der Waals surface area contributed by atoms with Crippen LogP contribution in [0.1, 0.15) is 0 Å². The van der Waals surface area contributed by atoms with Crippen LogP contribution in [-0.2, 0) is 0 Å². The van der Waals surface area contributed by atoms with Gasteiger partial charge in [0.15, 0.2) is 0 Å². The molecule has 0 saturated carbocycles. The summed E-state index contributed by atoms with van der Waals surface area (Å²) < 4.78 is 0. The van der Waals surface area contributed by atoms with Crippen molar-refractivity contribution in [2.45, 2.75) is 0 Å². The second-order valence-electron chi connectivity index (χ2n) is 8.96. The lowest BCUT2D eigenvalue weighted by molar-refractivity contribution is 1.26. The van der Waals surface area contributed by atoms with E-state index in [2.05, 4.69) is 125 Å². The first-order valence-electron chi connectivity index (χ1n) is 11.5. The van der Waals surface area contributed by atoms with Gasteiger partial charge >= 0.3 is 0 Å². The molecule has 3 aliphatic rings. The molecule has 0 spiro atoms. The van der Waals surface area contributed by atoms with Crippen LogP contribution in [0.25, 0.3) is 11.1 Å². The normalized spacial score (nSPS) is 13.9. The number of nitrogens with zero attached hydrogens (tertiary/aromatic N) is 2. The summed E-state index contributed by atoms with van der Waals surface area (Å²) in [6, 6.07) is 41.9. The third-order valence-corrected chi connectivity index (χ3v) is 7.37. The zero-order valence-electron chi connectivity index (χ0n) is 17.9. The molecule has 0 radical (unpaired) electrons. The van der Waals surface area contributed by atoms with Crippen molar-refractivity contribution in [3.63, 3.8) is 0 Å². The van der Waals surface area contributed by atoms with Crippen LogP contribution in [0.2, 0.25) is 0 Å². The van der Waals surface area contributed by atoms with E-state index in [1.807, 2.05) is 0 Å². The van der Waals surface area contributed by atoms with Crippen molar-refractivity contribution in [2.24, 2.45) is 0 Å². The number of benzene rings is 5. The van der Waals surface area contributed by atoms with Gasteiger partial charge in [-0.1, -0.05) is 66.7 Å². The van der Waals surface area contributed by atoms with E-state index in [4.69, 9.17) is 0 Å². The lowest BCUT2D eigenvalue weighted by Gasteiger charge is -2.42. The van der Waals surface area contributed by atoms with Crippen molar-refractivity contribution in [1.82, 2.24) is 0 Å². The highest BCUT2D eigenvalue weighted by Gasteiger charge is 2.48. The lowest BCUT2D eigenvalue weighted by atomic mass is 9.35. The summed E-state index contributed by atoms with van der Waals surface area (Å²) in [5.41, 5.74) is 14.6. The Kier molecular flexibility index (Phi) is 3.24. The molecule has 152 valence electrons. The zero-order chi connectivity index (χ0) is 21.5. The Balaban J connectivity index is 1.53. The zero-order valence-corrected chi connectivity index (χ0v) is 17.9. The Hall–Kier alpha value is -4.24. The van der Waals surface area contributed by atoms with Crippen LogP contribution >= 0.6 is 0 Å². The van der Waals surface area contributed by atoms with Crippen LogP contribution in [0.15, 0.2) is 115 Å². The Bertz CT molecular complexity index is 1460. The molecule has 0 fully saturated rings. The first kappa shape index (κ1) is 17.3. The summed E-state index contributed by atoms with van der Waals surface area (Å²) in [6.45, 7) is 0.272. The molecular formula is C30H19BN2. The van der Waals surface area contributed by atoms with Gasteiger partial charge < -0.3 is 9.80 Å². The molecule has 8 rings (SSSR count). The molecule has 5 aromatic rings. The minimum Gasteiger partial charge on any atom is -0.311 e. The predicted molar refractivity (Wildman–Crippen MR) is 139 cm³/mol. The van der Waals surface area contributed by atoms with Gasteiger partial charge in [0.25, 0.3) is 6.71 Å². The van der Waals surface area contributed by atoms with Gasteiger partial charge in [0.2, 0.25) is 0 Å². The van der Waals surface area contributed by atoms with Gasteiger partial charge in [-0.3, -0.25) is 0 Å². The fourth-order valence-corrected chi connectivity index (χ4v) is 6.20. The highest BCUT2D eigenvalue weighted by Crippen LogP contribution is 2.47. The van der Waals surface area contributed by atoms with Crippen LogP contribution in [0, 0.1) is 0 Å². The molecule has 0 saturated heterocycles. The lowest BCUT2D eigenvalue weighted by Crippen LogP contribution is -2.59. The maximum absolute atomic E-state index is 2.45. The Labute approximate surface area is 193 Å². The summed E-state index contributed by atoms with van der Waals surface area (Å²) in [5, 5.41) is 0. The van der Waals surface area contributed by atoms with Crippen molar-refractivity contribution in [1.29, 1.82) is 0 Å². The second kappa shape index (κ2) is 6.17. The van der Waals surface area contributed by atoms with E-state index < -0.39 is 0 Å². The standard InChI is InChI=1S/C30H19BN2/c1-3-10-20(11-4-1)32-24-16-7-14-22-23-15-8-17-25-29(23)31(28(22)24)30-26(32)18-9-19-27(30)33(25)21-12-5-2-6-13-21/h1-19H. The average molecular weight is 418 g/mol. The monoisotopic (exact) mass is 418 g/mol. The maximum Gasteiger partial charge on any atom is 0.253 e. The quantitative estimate of drug-likeness (QED) is 0.330. The third-order valence-electron chi connectivity index (χ3n) is 7.37. The van der Waals surface area contributed by atoms with Gasteiger partial charge in [-0.15, -0.1) is 0 Å². The van der Waals surface area contributed by atoms with E-state index in [0.717, 1.165) is 0 Å². The molecule has 3 heterocycles. The molecule has 0 unspecified atom stereocenters. The van der Waals surface area contributed by atoms with Crippen molar-refractivity contribution in [2.75, 3.05) is 9.80 Å². The summed E-state index contributed by atoms with van der Waals surface area (Å²) in [6.07, 6.45) is 0. The molecule has 3 aliphatic heterocycles. The van der Waals surface area contributed by atoms with Crippen molar-refractivity contribution >= 4 is 57.2 Å². The Morgan fingerprint density at radius 3 is 1.21 bits per heavy atom. The minimum atomic E-state index is 0.272. The van der Waals surface area contributed by atoms with Gasteiger partial charge in [0.1, 0.15) is 0 Å². The average Bonchev–Trinajstić information content (AvgIpc) is 3.23. The number of para-hydroxylation sites is 2. The number of hydrogen-bond donors (Lipinski definition) is 0. The van der Waals surface area contributed by atoms with Gasteiger partial charge in [-0.05, 0) is 76.0 Å². The molecule has 0 amide bonds. The summed E-state index contributed by atoms with van der Waals surface area (Å²) >= 11 is 0. The number of anilines is 6. The van der Waals surface area contributed by atoms with Gasteiger partial charge in [-0.2, -0.15) is 0 Å². The largest absolute Gasteiger partial charge is 0.311 e. The van der Waals surface area contributed by atoms with Crippen LogP contribution in [0.3, 0.4) is 0 Å². The summed E-state index contributed by atoms with van der Waals surface area (Å²) in [4.78, 5) is 4.91. The first-order chi connectivity index (χ1) is 16.4. The van der Waals surface area contributed by atoms with Gasteiger partial charge in [0.05, 0.1) is 0 Å². The van der Waals surface area contributed by atoms with E-state index in [0.29, 0.717) is 0 Å². The van der Waals surface area contributed by atoms with Crippen molar-refractivity contribution < 1.29 is 0 Å². The molecule has 0 aromatic heterocycles. The van der Waals surface area contributed by atoms with Crippen LogP contribution in [-0.4, -0.2) is 6.71 Å². The fourth-order valence-electron chi connectivity index (χ4n) is 6.20. The molecule has 0 atom stereocenters. The Morgan fingerprint density at radius 1 is 0.364 bits per heavy atom. The van der Waals surface area contributed by atoms with Gasteiger partial charge in [-0.25, -0.2) is 0 Å². The van der Waals surface area contributed by atoms with Crippen molar-refractivity contribution in [3.8, 4) is 11.1 Å². The molecule has 3 heteroatoms. The number of fused-ring (bicyclic) bond motifs is 1. The van der Waals surface area contributed by atoms with Crippen molar-refractivity contribution in [3.05, 3.63) is 115 Å². The van der Waals surface area contributed by atoms with E-state index in [1.54, 1.807) is 0 Å². The van der Waals surface area contributed by atoms with Crippen LogP contribution in [0.4, 0.5) is 34.1 Å². The first-order valence-corrected chi connectivity index (χ1v) is 11.5. The number of rotatable bonds is 2. The third kappa shape index (κ3) is 2.10. The Morgan fingerprint density at radius 2 is 0.758 bits per heavy atom. The molecule has 33 heavy (non-hydrogen) atoms. The highest BCUT2D eigenvalue weighted by atomic mass is 15.2. The van der Waals surface area contributed by atoms with E-state index in [-0.39, 0.29) is 6.71 Å². The molecule has 2 nitrogen and oxygen atoms in total. The van der Waals surface area contributed by atoms with Crippen LogP contribution < -0.4 is 26.2 Å². The molecule has 5 aromatic carbocycles. The van der Waals surface area contributed by atoms with Gasteiger partial charge in [0, 0.05) is 34.1 Å². The van der Waals surface area contributed by atoms with Crippen LogP contribution in [0.5, 0.6) is 0 Å². The second-order valence-corrected chi connectivity index (χ2v) is 8.96. The number of hydrogen-bond acceptors (Lipinski definition) is 2. The fraction of sp³-hybridized carbons (Fsp3) is 0. The topological polar surface area (TPSA) is 6.48 Å². The molecule has 0 bridgehead atoms. The smallest absolute Gasteiger partial charge is 0.253 e. The maximum atomic E-state index is 2.45. The minimum absolute atomic E-state index is 0.272. The summed E-state index contributed by atoms with van der Waals surface area (Å²) in [5.74, 6) is 0. The molecule has 0 N–H and O–H groups in total. The highest BCUT2D eigenvalue weighted by molar-refractivity contribution is 7.03. The van der Waals surface area contributed by atoms with E-state index >= 15 is 0 Å². The SMILES string of the molecule is c1ccc(N2c3cccc4c3B3c5c-4cccc5N(c4ccccc4)c4cccc2c43)cc1. The molecular weight excluding hydrogens is 399 g/mol. The van der Waals surface area contributed by atoms with E-state index in [1.165, 1.54) is 61.6 Å². The van der Waals surface area contributed by atoms with E-state index in [9.17, 15) is 0 Å².